The van der Waals surface area contributed by atoms with Gasteiger partial charge in [-0.3, -0.25) is 4.79 Å². The van der Waals surface area contributed by atoms with Crippen LogP contribution >= 0.6 is 11.8 Å². The highest BCUT2D eigenvalue weighted by Gasteiger charge is 2.36. The molecule has 1 atom stereocenters. The van der Waals surface area contributed by atoms with Gasteiger partial charge in [-0.15, -0.1) is 0 Å². The lowest BCUT2D eigenvalue weighted by Crippen LogP contribution is -2.40. The summed E-state index contributed by atoms with van der Waals surface area (Å²) in [5, 5.41) is 9.58. The van der Waals surface area contributed by atoms with Crippen LogP contribution in [0.15, 0.2) is 42.5 Å². The number of hydrogen-bond donors (Lipinski definition) is 1. The van der Waals surface area contributed by atoms with E-state index in [1.165, 1.54) is 5.56 Å². The summed E-state index contributed by atoms with van der Waals surface area (Å²) in [6, 6.07) is 10.2. The molecule has 0 spiro atoms. The number of carboxylic acid groups (broad SMARTS) is 1. The molecule has 0 saturated carbocycles. The fraction of sp³-hybridized carbons (Fsp3) is 0.609. The summed E-state index contributed by atoms with van der Waals surface area (Å²) >= 11 is 1.75. The maximum absolute atomic E-state index is 11.1. The number of aliphatic carboxylic acids is 1. The van der Waals surface area contributed by atoms with E-state index in [1.54, 1.807) is 11.8 Å². The van der Waals surface area contributed by atoms with Crippen LogP contribution in [0.2, 0.25) is 18.1 Å². The van der Waals surface area contributed by atoms with E-state index in [2.05, 4.69) is 58.2 Å². The fourth-order valence-electron chi connectivity index (χ4n) is 2.49. The number of hydrogen-bond acceptors (Lipinski definition) is 3. The van der Waals surface area contributed by atoms with Crippen molar-refractivity contribution in [3.05, 3.63) is 48.0 Å². The summed E-state index contributed by atoms with van der Waals surface area (Å²) in [6.07, 6.45) is 8.55. The Morgan fingerprint density at radius 2 is 1.82 bits per heavy atom. The molecule has 1 aromatic carbocycles. The molecule has 1 rings (SSSR count). The third-order valence-electron chi connectivity index (χ3n) is 5.34. The number of carboxylic acids is 1. The lowest BCUT2D eigenvalue weighted by Gasteiger charge is -2.36. The summed E-state index contributed by atoms with van der Waals surface area (Å²) in [7, 11) is -1.63. The molecule has 0 bridgehead atoms. The molecule has 0 aliphatic carbocycles. The van der Waals surface area contributed by atoms with E-state index < -0.39 is 14.3 Å². The van der Waals surface area contributed by atoms with E-state index in [9.17, 15) is 4.79 Å². The van der Waals surface area contributed by atoms with Crippen molar-refractivity contribution in [2.45, 2.75) is 82.0 Å². The second-order valence-corrected chi connectivity index (χ2v) is 14.9. The van der Waals surface area contributed by atoms with Gasteiger partial charge in [-0.05, 0) is 49.4 Å². The standard InChI is InChI=1S/C23H38O3SSi/c1-23(2,3)28(4,5)26-17-13-8-6-7-12-16-21(18-22(24)25)27-19-20-14-10-9-11-15-20/h6-7,9-11,14-15,21H,8,12-13,16-19H2,1-5H3,(H,24,25)/b7-6+. The van der Waals surface area contributed by atoms with Crippen molar-refractivity contribution < 1.29 is 14.3 Å². The van der Waals surface area contributed by atoms with Crippen molar-refractivity contribution >= 4 is 26.0 Å². The smallest absolute Gasteiger partial charge is 0.304 e. The van der Waals surface area contributed by atoms with Crippen molar-refractivity contribution in [2.75, 3.05) is 6.61 Å². The number of rotatable bonds is 13. The molecule has 0 aliphatic heterocycles. The first-order valence-corrected chi connectivity index (χ1v) is 14.2. The predicted molar refractivity (Wildman–Crippen MR) is 125 cm³/mol. The maximum Gasteiger partial charge on any atom is 0.304 e. The predicted octanol–water partition coefficient (Wildman–Crippen LogP) is 6.90. The van der Waals surface area contributed by atoms with Crippen LogP contribution < -0.4 is 0 Å². The van der Waals surface area contributed by atoms with Gasteiger partial charge in [0.05, 0.1) is 6.42 Å². The lowest BCUT2D eigenvalue weighted by molar-refractivity contribution is -0.137. The Labute approximate surface area is 177 Å². The van der Waals surface area contributed by atoms with Crippen molar-refractivity contribution in [3.63, 3.8) is 0 Å². The molecular formula is C23H38O3SSi. The van der Waals surface area contributed by atoms with Crippen LogP contribution in [0.4, 0.5) is 0 Å². The van der Waals surface area contributed by atoms with Gasteiger partial charge in [-0.1, -0.05) is 63.3 Å². The summed E-state index contributed by atoms with van der Waals surface area (Å²) in [6.45, 7) is 12.2. The number of thioether (sulfide) groups is 1. The molecule has 1 aromatic rings. The molecule has 0 saturated heterocycles. The number of benzene rings is 1. The van der Waals surface area contributed by atoms with Crippen LogP contribution in [-0.4, -0.2) is 31.3 Å². The van der Waals surface area contributed by atoms with Crippen LogP contribution in [0, 0.1) is 0 Å². The first-order chi connectivity index (χ1) is 13.1. The van der Waals surface area contributed by atoms with Gasteiger partial charge >= 0.3 is 5.97 Å². The molecule has 1 unspecified atom stereocenters. The molecule has 158 valence electrons. The molecule has 0 fully saturated rings. The highest BCUT2D eigenvalue weighted by atomic mass is 32.2. The van der Waals surface area contributed by atoms with Gasteiger partial charge < -0.3 is 9.53 Å². The molecule has 1 N–H and O–H groups in total. The van der Waals surface area contributed by atoms with Crippen LogP contribution in [0.25, 0.3) is 0 Å². The van der Waals surface area contributed by atoms with Gasteiger partial charge in [0.25, 0.3) is 0 Å². The molecule has 0 radical (unpaired) electrons. The first-order valence-electron chi connectivity index (χ1n) is 10.3. The minimum atomic E-state index is -1.63. The Bertz CT molecular complexity index is 594. The zero-order valence-electron chi connectivity index (χ0n) is 18.2. The molecule has 5 heteroatoms. The van der Waals surface area contributed by atoms with Crippen molar-refractivity contribution in [1.82, 2.24) is 0 Å². The van der Waals surface area contributed by atoms with Crippen LogP contribution in [-0.2, 0) is 15.0 Å². The molecule has 0 amide bonds. The van der Waals surface area contributed by atoms with Crippen LogP contribution in [0.3, 0.4) is 0 Å². The van der Waals surface area contributed by atoms with E-state index in [0.29, 0.717) is 0 Å². The van der Waals surface area contributed by atoms with E-state index >= 15 is 0 Å². The highest BCUT2D eigenvalue weighted by Crippen LogP contribution is 2.36. The zero-order chi connectivity index (χ0) is 21.0. The lowest BCUT2D eigenvalue weighted by atomic mass is 10.1. The summed E-state index contributed by atoms with van der Waals surface area (Å²) in [4.78, 5) is 11.1. The molecule has 28 heavy (non-hydrogen) atoms. The number of carbonyl (C=O) groups is 1. The van der Waals surface area contributed by atoms with E-state index in [0.717, 1.165) is 38.0 Å². The quantitative estimate of drug-likeness (QED) is 0.213. The van der Waals surface area contributed by atoms with Crippen LogP contribution in [0.1, 0.15) is 58.4 Å². The maximum atomic E-state index is 11.1. The average molecular weight is 423 g/mol. The van der Waals surface area contributed by atoms with Crippen molar-refractivity contribution in [1.29, 1.82) is 0 Å². The SMILES string of the molecule is CC(C)(C)[Si](C)(C)OCCC/C=C/CCC(CC(=O)O)SCc1ccccc1. The van der Waals surface area contributed by atoms with Gasteiger partial charge in [0.1, 0.15) is 0 Å². The summed E-state index contributed by atoms with van der Waals surface area (Å²) in [5.74, 6) is 0.158. The zero-order valence-corrected chi connectivity index (χ0v) is 20.1. The molecule has 3 nitrogen and oxygen atoms in total. The van der Waals surface area contributed by atoms with Gasteiger partial charge in [-0.25, -0.2) is 0 Å². The Morgan fingerprint density at radius 1 is 1.18 bits per heavy atom. The minimum absolute atomic E-state index is 0.157. The molecule has 0 aliphatic rings. The third kappa shape index (κ3) is 10.5. The molecular weight excluding hydrogens is 384 g/mol. The summed E-state index contributed by atoms with van der Waals surface area (Å²) in [5.41, 5.74) is 1.25. The Kier molecular flexibility index (Phi) is 11.2. The number of unbranched alkanes of at least 4 members (excludes halogenated alkanes) is 1. The van der Waals surface area contributed by atoms with E-state index in [1.807, 2.05) is 18.2 Å². The molecule has 0 heterocycles. The van der Waals surface area contributed by atoms with E-state index in [4.69, 9.17) is 9.53 Å². The monoisotopic (exact) mass is 422 g/mol. The van der Waals surface area contributed by atoms with Crippen LogP contribution in [0.5, 0.6) is 0 Å². The second kappa shape index (κ2) is 12.5. The third-order valence-corrected chi connectivity index (χ3v) is 11.2. The van der Waals surface area contributed by atoms with Crippen molar-refractivity contribution in [3.8, 4) is 0 Å². The Morgan fingerprint density at radius 3 is 2.43 bits per heavy atom. The van der Waals surface area contributed by atoms with Gasteiger partial charge in [0.2, 0.25) is 0 Å². The topological polar surface area (TPSA) is 46.5 Å². The van der Waals surface area contributed by atoms with Crippen molar-refractivity contribution in [2.24, 2.45) is 0 Å². The van der Waals surface area contributed by atoms with E-state index in [-0.39, 0.29) is 16.7 Å². The van der Waals surface area contributed by atoms with Gasteiger partial charge in [0.15, 0.2) is 8.32 Å². The van der Waals surface area contributed by atoms with Gasteiger partial charge in [0, 0.05) is 17.6 Å². The molecule has 0 aromatic heterocycles. The summed E-state index contributed by atoms with van der Waals surface area (Å²) < 4.78 is 6.19. The Balaban J connectivity index is 2.26. The minimum Gasteiger partial charge on any atom is -0.481 e. The average Bonchev–Trinajstić information content (AvgIpc) is 2.61. The fourth-order valence-corrected chi connectivity index (χ4v) is 4.76. The number of allylic oxidation sites excluding steroid dienone is 2. The normalized spacial score (nSPS) is 13.8. The second-order valence-electron chi connectivity index (χ2n) is 8.82. The largest absolute Gasteiger partial charge is 0.481 e. The Hall–Kier alpha value is -1.04. The van der Waals surface area contributed by atoms with Gasteiger partial charge in [-0.2, -0.15) is 11.8 Å². The first kappa shape index (κ1) is 25.0. The highest BCUT2D eigenvalue weighted by molar-refractivity contribution is 7.99.